The van der Waals surface area contributed by atoms with Gasteiger partial charge in [-0.05, 0) is 44.9 Å². The molecule has 4 bridgehead atoms. The van der Waals surface area contributed by atoms with Crippen molar-refractivity contribution in [3.05, 3.63) is 0 Å². The van der Waals surface area contributed by atoms with Gasteiger partial charge in [0.1, 0.15) is 11.9 Å². The molecule has 3 nitrogen and oxygen atoms in total. The highest BCUT2D eigenvalue weighted by atomic mass is 16.5. The summed E-state index contributed by atoms with van der Waals surface area (Å²) in [6.07, 6.45) is 4.47. The van der Waals surface area contributed by atoms with Gasteiger partial charge < -0.3 is 4.74 Å². The second-order valence-corrected chi connectivity index (χ2v) is 5.54. The van der Waals surface area contributed by atoms with Crippen molar-refractivity contribution in [1.29, 1.82) is 0 Å². The average Bonchev–Trinajstić information content (AvgIpc) is 2.30. The summed E-state index contributed by atoms with van der Waals surface area (Å²) in [5.41, 5.74) is -0.220. The van der Waals surface area contributed by atoms with Crippen molar-refractivity contribution in [3.8, 4) is 0 Å². The molecule has 3 heteroatoms. The molecule has 4 rings (SSSR count). The number of carbonyl (C=O) groups excluding carboxylic acids is 2. The zero-order chi connectivity index (χ0) is 10.6. The molecule has 4 fully saturated rings. The summed E-state index contributed by atoms with van der Waals surface area (Å²) in [7, 11) is 0. The van der Waals surface area contributed by atoms with Crippen molar-refractivity contribution in [2.24, 2.45) is 17.3 Å². The Morgan fingerprint density at radius 3 is 2.87 bits per heavy atom. The molecule has 2 heterocycles. The van der Waals surface area contributed by atoms with E-state index in [-0.39, 0.29) is 29.2 Å². The molecule has 82 valence electrons. The highest BCUT2D eigenvalue weighted by molar-refractivity contribution is 5.85. The Kier molecular flexibility index (Phi) is 1.77. The molecule has 0 radical (unpaired) electrons. The number of esters is 1. The molecule has 0 N–H and O–H groups in total. The van der Waals surface area contributed by atoms with Crippen LogP contribution in [0.3, 0.4) is 0 Å². The average molecular weight is 208 g/mol. The topological polar surface area (TPSA) is 43.4 Å². The summed E-state index contributed by atoms with van der Waals surface area (Å²) >= 11 is 0. The largest absolute Gasteiger partial charge is 0.462 e. The summed E-state index contributed by atoms with van der Waals surface area (Å²) in [6.45, 7) is 1.68. The first-order chi connectivity index (χ1) is 7.09. The fourth-order valence-electron chi connectivity index (χ4n) is 3.87. The van der Waals surface area contributed by atoms with Crippen LogP contribution in [0.1, 0.15) is 39.0 Å². The zero-order valence-electron chi connectivity index (χ0n) is 8.99. The van der Waals surface area contributed by atoms with E-state index in [1.54, 1.807) is 6.92 Å². The standard InChI is InChI=1S/C12H16O3/c1-7(13)12-4-8-2-9(5-12)11(14)15-10(3-8)6-12/h8-10H,2-6H2,1H3. The van der Waals surface area contributed by atoms with E-state index in [2.05, 4.69) is 0 Å². The van der Waals surface area contributed by atoms with Crippen molar-refractivity contribution in [3.63, 3.8) is 0 Å². The van der Waals surface area contributed by atoms with Crippen LogP contribution in [0.5, 0.6) is 0 Å². The minimum Gasteiger partial charge on any atom is -0.462 e. The Morgan fingerprint density at radius 2 is 2.13 bits per heavy atom. The van der Waals surface area contributed by atoms with Crippen molar-refractivity contribution < 1.29 is 14.3 Å². The van der Waals surface area contributed by atoms with E-state index in [0.717, 1.165) is 32.1 Å². The number of fused-ring (bicyclic) bond motifs is 1. The fraction of sp³-hybridized carbons (Fsp3) is 0.833. The van der Waals surface area contributed by atoms with Gasteiger partial charge >= 0.3 is 5.97 Å². The molecule has 4 aliphatic rings. The molecule has 0 spiro atoms. The summed E-state index contributed by atoms with van der Waals surface area (Å²) in [5.74, 6) is 0.753. The summed E-state index contributed by atoms with van der Waals surface area (Å²) in [4.78, 5) is 23.5. The molecule has 0 aromatic carbocycles. The Labute approximate surface area is 89.2 Å². The lowest BCUT2D eigenvalue weighted by molar-refractivity contribution is -0.151. The molecule has 4 atom stereocenters. The molecular formula is C12H16O3. The molecular weight excluding hydrogens is 192 g/mol. The molecule has 0 aromatic rings. The summed E-state index contributed by atoms with van der Waals surface area (Å²) in [6, 6.07) is 0. The number of ether oxygens (including phenoxy) is 1. The zero-order valence-corrected chi connectivity index (χ0v) is 8.99. The number of rotatable bonds is 1. The Bertz CT molecular complexity index is 336. The van der Waals surface area contributed by atoms with E-state index in [0.29, 0.717) is 5.92 Å². The number of hydrogen-bond donors (Lipinski definition) is 0. The SMILES string of the molecule is CC(=O)C12CC3CC(C1)OC(=O)C(C3)C2. The molecule has 15 heavy (non-hydrogen) atoms. The van der Waals surface area contributed by atoms with E-state index in [9.17, 15) is 9.59 Å². The van der Waals surface area contributed by atoms with Gasteiger partial charge in [-0.3, -0.25) is 9.59 Å². The van der Waals surface area contributed by atoms with Crippen LogP contribution in [0.15, 0.2) is 0 Å². The number of Topliss-reactive ketones (excluding diaryl/α,β-unsaturated/α-hetero) is 1. The lowest BCUT2D eigenvalue weighted by Crippen LogP contribution is -2.43. The third-order valence-electron chi connectivity index (χ3n) is 4.51. The monoisotopic (exact) mass is 208 g/mol. The van der Waals surface area contributed by atoms with Crippen LogP contribution >= 0.6 is 0 Å². The molecule has 2 saturated heterocycles. The maximum absolute atomic E-state index is 11.8. The maximum Gasteiger partial charge on any atom is 0.309 e. The number of carbonyl (C=O) groups is 2. The third-order valence-corrected chi connectivity index (χ3v) is 4.51. The maximum atomic E-state index is 11.8. The Balaban J connectivity index is 2.02. The molecule has 0 amide bonds. The van der Waals surface area contributed by atoms with Gasteiger partial charge in [0.05, 0.1) is 5.92 Å². The summed E-state index contributed by atoms with van der Waals surface area (Å²) in [5, 5.41) is 0. The first-order valence-electron chi connectivity index (χ1n) is 5.81. The van der Waals surface area contributed by atoms with E-state index in [1.807, 2.05) is 0 Å². The highest BCUT2D eigenvalue weighted by Crippen LogP contribution is 2.54. The van der Waals surface area contributed by atoms with Gasteiger partial charge in [-0.2, -0.15) is 0 Å². The van der Waals surface area contributed by atoms with Crippen LogP contribution in [0.2, 0.25) is 0 Å². The van der Waals surface area contributed by atoms with Crippen molar-refractivity contribution >= 4 is 11.8 Å². The van der Waals surface area contributed by atoms with E-state index < -0.39 is 0 Å². The van der Waals surface area contributed by atoms with Gasteiger partial charge in [0.15, 0.2) is 0 Å². The van der Waals surface area contributed by atoms with Gasteiger partial charge in [-0.15, -0.1) is 0 Å². The quantitative estimate of drug-likeness (QED) is 0.616. The molecule has 4 unspecified atom stereocenters. The van der Waals surface area contributed by atoms with Crippen LogP contribution < -0.4 is 0 Å². The molecule has 2 aliphatic carbocycles. The van der Waals surface area contributed by atoms with Crippen LogP contribution in [-0.2, 0) is 14.3 Å². The van der Waals surface area contributed by atoms with Crippen LogP contribution in [0, 0.1) is 17.3 Å². The summed E-state index contributed by atoms with van der Waals surface area (Å²) < 4.78 is 5.42. The predicted molar refractivity (Wildman–Crippen MR) is 53.1 cm³/mol. The fourth-order valence-corrected chi connectivity index (χ4v) is 3.87. The van der Waals surface area contributed by atoms with Crippen molar-refractivity contribution in [2.75, 3.05) is 0 Å². The minimum absolute atomic E-state index is 0.000139. The van der Waals surface area contributed by atoms with Gasteiger partial charge in [0.2, 0.25) is 0 Å². The van der Waals surface area contributed by atoms with Gasteiger partial charge in [0.25, 0.3) is 0 Å². The van der Waals surface area contributed by atoms with Gasteiger partial charge in [0, 0.05) is 5.41 Å². The first-order valence-corrected chi connectivity index (χ1v) is 5.81. The Morgan fingerprint density at radius 1 is 1.33 bits per heavy atom. The second-order valence-electron chi connectivity index (χ2n) is 5.54. The molecule has 2 aliphatic heterocycles. The second kappa shape index (κ2) is 2.83. The third kappa shape index (κ3) is 1.25. The van der Waals surface area contributed by atoms with Crippen LogP contribution in [-0.4, -0.2) is 17.9 Å². The number of ketones is 1. The van der Waals surface area contributed by atoms with Gasteiger partial charge in [-0.1, -0.05) is 0 Å². The van der Waals surface area contributed by atoms with E-state index in [4.69, 9.17) is 4.74 Å². The van der Waals surface area contributed by atoms with Crippen LogP contribution in [0.25, 0.3) is 0 Å². The smallest absolute Gasteiger partial charge is 0.309 e. The van der Waals surface area contributed by atoms with Crippen molar-refractivity contribution in [1.82, 2.24) is 0 Å². The Hall–Kier alpha value is -0.860. The first kappa shape index (κ1) is 9.37. The minimum atomic E-state index is -0.220. The highest BCUT2D eigenvalue weighted by Gasteiger charge is 2.54. The van der Waals surface area contributed by atoms with Gasteiger partial charge in [-0.25, -0.2) is 0 Å². The van der Waals surface area contributed by atoms with Crippen LogP contribution in [0.4, 0.5) is 0 Å². The predicted octanol–water partition coefficient (Wildman–Crippen LogP) is 1.70. The molecule has 2 saturated carbocycles. The molecule has 0 aromatic heterocycles. The normalized spacial score (nSPS) is 47.5. The van der Waals surface area contributed by atoms with E-state index in [1.165, 1.54) is 0 Å². The number of hydrogen-bond acceptors (Lipinski definition) is 3. The lowest BCUT2D eigenvalue weighted by Gasteiger charge is -2.44. The lowest BCUT2D eigenvalue weighted by atomic mass is 9.57. The van der Waals surface area contributed by atoms with E-state index >= 15 is 0 Å². The van der Waals surface area contributed by atoms with Crippen molar-refractivity contribution in [2.45, 2.75) is 45.1 Å².